The number of likely N-dealkylation sites (N-methyl/N-ethyl adjacent to an activating group) is 1. The van der Waals surface area contributed by atoms with Gasteiger partial charge in [-0.2, -0.15) is 0 Å². The van der Waals surface area contributed by atoms with Crippen LogP contribution >= 0.6 is 0 Å². The Labute approximate surface area is 115 Å². The molecule has 1 aliphatic heterocycles. The molecule has 0 bridgehead atoms. The first-order valence-electron chi connectivity index (χ1n) is 6.90. The second kappa shape index (κ2) is 7.48. The normalized spacial score (nSPS) is 19.6. The minimum absolute atomic E-state index is 0.462. The number of rotatable bonds is 6. The molecule has 1 aromatic rings. The smallest absolute Gasteiger partial charge is 0.119 e. The van der Waals surface area contributed by atoms with Crippen molar-refractivity contribution in [2.45, 2.75) is 12.5 Å². The summed E-state index contributed by atoms with van der Waals surface area (Å²) in [5.74, 6) is 0.933. The van der Waals surface area contributed by atoms with Crippen LogP contribution in [0.5, 0.6) is 5.75 Å². The second-order valence-electron chi connectivity index (χ2n) is 5.09. The van der Waals surface area contributed by atoms with E-state index in [9.17, 15) is 0 Å². The van der Waals surface area contributed by atoms with Gasteiger partial charge in [0.1, 0.15) is 5.75 Å². The maximum Gasteiger partial charge on any atom is 0.119 e. The predicted molar refractivity (Wildman–Crippen MR) is 76.8 cm³/mol. The fraction of sp³-hybridized carbons (Fsp3) is 0.600. The van der Waals surface area contributed by atoms with Crippen molar-refractivity contribution >= 4 is 0 Å². The lowest BCUT2D eigenvalue weighted by atomic mass is 10.1. The largest absolute Gasteiger partial charge is 0.497 e. The summed E-state index contributed by atoms with van der Waals surface area (Å²) in [6.45, 7) is 4.71. The maximum atomic E-state index is 5.47. The first kappa shape index (κ1) is 14.3. The Hall–Kier alpha value is -1.10. The zero-order valence-electron chi connectivity index (χ0n) is 11.9. The average Bonchev–Trinajstić information content (AvgIpc) is 2.46. The molecular formula is C15H24N2O2. The summed E-state index contributed by atoms with van der Waals surface area (Å²) in [6.07, 6.45) is 1.04. The van der Waals surface area contributed by atoms with E-state index in [1.165, 1.54) is 5.56 Å². The summed E-state index contributed by atoms with van der Waals surface area (Å²) in [6, 6.07) is 8.75. The van der Waals surface area contributed by atoms with Crippen molar-refractivity contribution in [3.05, 3.63) is 29.8 Å². The molecule has 106 valence electrons. The van der Waals surface area contributed by atoms with Gasteiger partial charge in [-0.05, 0) is 31.2 Å². The van der Waals surface area contributed by atoms with Gasteiger partial charge in [-0.1, -0.05) is 12.1 Å². The molecule has 1 aromatic carbocycles. The monoisotopic (exact) mass is 264 g/mol. The number of ether oxygens (including phenoxy) is 2. The highest BCUT2D eigenvalue weighted by Gasteiger charge is 2.14. The van der Waals surface area contributed by atoms with Gasteiger partial charge < -0.3 is 19.7 Å². The third-order valence-corrected chi connectivity index (χ3v) is 3.45. The summed E-state index contributed by atoms with van der Waals surface area (Å²) in [7, 11) is 3.87. The molecule has 4 heteroatoms. The van der Waals surface area contributed by atoms with E-state index in [1.807, 2.05) is 12.1 Å². The van der Waals surface area contributed by atoms with Crippen LogP contribution in [-0.4, -0.2) is 57.9 Å². The maximum absolute atomic E-state index is 5.47. The molecule has 1 heterocycles. The van der Waals surface area contributed by atoms with E-state index in [0.717, 1.165) is 45.0 Å². The summed E-state index contributed by atoms with van der Waals surface area (Å²) in [5.41, 5.74) is 1.32. The lowest BCUT2D eigenvalue weighted by Crippen LogP contribution is -2.47. The number of benzene rings is 1. The molecule has 1 fully saturated rings. The van der Waals surface area contributed by atoms with Crippen LogP contribution < -0.4 is 10.1 Å². The molecule has 0 spiro atoms. The molecule has 1 N–H and O–H groups in total. The predicted octanol–water partition coefficient (Wildman–Crippen LogP) is 1.16. The van der Waals surface area contributed by atoms with E-state index in [-0.39, 0.29) is 0 Å². The van der Waals surface area contributed by atoms with Crippen LogP contribution in [0.4, 0.5) is 0 Å². The van der Waals surface area contributed by atoms with Crippen molar-refractivity contribution in [1.82, 2.24) is 10.2 Å². The van der Waals surface area contributed by atoms with Crippen molar-refractivity contribution in [3.63, 3.8) is 0 Å². The summed E-state index contributed by atoms with van der Waals surface area (Å²) < 4.78 is 10.7. The van der Waals surface area contributed by atoms with Gasteiger partial charge in [0.15, 0.2) is 0 Å². The SMILES string of the molecule is COc1cccc(CCN(C)CC2COCCN2)c1. The standard InChI is InChI=1S/C15H24N2O2/c1-17(11-14-12-19-9-7-16-14)8-6-13-4-3-5-15(10-13)18-2/h3-5,10,14,16H,6-9,11-12H2,1-2H3. The molecule has 0 radical (unpaired) electrons. The minimum Gasteiger partial charge on any atom is -0.497 e. The number of nitrogens with zero attached hydrogens (tertiary/aromatic N) is 1. The van der Waals surface area contributed by atoms with Gasteiger partial charge in [-0.15, -0.1) is 0 Å². The van der Waals surface area contributed by atoms with E-state index in [1.54, 1.807) is 7.11 Å². The molecule has 0 aromatic heterocycles. The first-order chi connectivity index (χ1) is 9.28. The molecule has 2 rings (SSSR count). The molecule has 0 saturated carbocycles. The Morgan fingerprint density at radius 1 is 1.47 bits per heavy atom. The Bertz CT molecular complexity index is 378. The van der Waals surface area contributed by atoms with Gasteiger partial charge in [0.25, 0.3) is 0 Å². The fourth-order valence-electron chi connectivity index (χ4n) is 2.35. The first-order valence-corrected chi connectivity index (χ1v) is 6.90. The number of methoxy groups -OCH3 is 1. The quantitative estimate of drug-likeness (QED) is 0.836. The molecule has 4 nitrogen and oxygen atoms in total. The van der Waals surface area contributed by atoms with Crippen molar-refractivity contribution in [1.29, 1.82) is 0 Å². The van der Waals surface area contributed by atoms with Crippen molar-refractivity contribution in [3.8, 4) is 5.75 Å². The van der Waals surface area contributed by atoms with Crippen molar-refractivity contribution in [2.24, 2.45) is 0 Å². The zero-order chi connectivity index (χ0) is 13.5. The highest BCUT2D eigenvalue weighted by Crippen LogP contribution is 2.13. The van der Waals surface area contributed by atoms with Gasteiger partial charge in [0.2, 0.25) is 0 Å². The van der Waals surface area contributed by atoms with Crippen LogP contribution in [0.3, 0.4) is 0 Å². The molecular weight excluding hydrogens is 240 g/mol. The highest BCUT2D eigenvalue weighted by atomic mass is 16.5. The average molecular weight is 264 g/mol. The van der Waals surface area contributed by atoms with E-state index >= 15 is 0 Å². The van der Waals surface area contributed by atoms with Crippen LogP contribution in [0.15, 0.2) is 24.3 Å². The lowest BCUT2D eigenvalue weighted by molar-refractivity contribution is 0.0655. The van der Waals surface area contributed by atoms with E-state index in [0.29, 0.717) is 6.04 Å². The van der Waals surface area contributed by atoms with Gasteiger partial charge in [-0.3, -0.25) is 0 Å². The molecule has 1 aliphatic rings. The highest BCUT2D eigenvalue weighted by molar-refractivity contribution is 5.28. The molecule has 1 unspecified atom stereocenters. The fourth-order valence-corrected chi connectivity index (χ4v) is 2.35. The third kappa shape index (κ3) is 4.82. The summed E-state index contributed by atoms with van der Waals surface area (Å²) >= 11 is 0. The number of hydrogen-bond donors (Lipinski definition) is 1. The second-order valence-corrected chi connectivity index (χ2v) is 5.09. The molecule has 0 amide bonds. The summed E-state index contributed by atoms with van der Waals surface area (Å²) in [5, 5.41) is 3.48. The summed E-state index contributed by atoms with van der Waals surface area (Å²) in [4.78, 5) is 2.35. The Morgan fingerprint density at radius 2 is 2.37 bits per heavy atom. The van der Waals surface area contributed by atoms with E-state index in [4.69, 9.17) is 9.47 Å². The van der Waals surface area contributed by atoms with Gasteiger partial charge >= 0.3 is 0 Å². The van der Waals surface area contributed by atoms with Crippen LogP contribution in [0.2, 0.25) is 0 Å². The zero-order valence-corrected chi connectivity index (χ0v) is 11.9. The third-order valence-electron chi connectivity index (χ3n) is 3.45. The van der Waals surface area contributed by atoms with Gasteiger partial charge in [0.05, 0.1) is 20.3 Å². The van der Waals surface area contributed by atoms with Crippen molar-refractivity contribution in [2.75, 3.05) is 47.0 Å². The van der Waals surface area contributed by atoms with Crippen molar-refractivity contribution < 1.29 is 9.47 Å². The van der Waals surface area contributed by atoms with Crippen LogP contribution in [0, 0.1) is 0 Å². The number of hydrogen-bond acceptors (Lipinski definition) is 4. The number of morpholine rings is 1. The van der Waals surface area contributed by atoms with E-state index < -0.39 is 0 Å². The lowest BCUT2D eigenvalue weighted by Gasteiger charge is -2.28. The molecule has 0 aliphatic carbocycles. The Kier molecular flexibility index (Phi) is 5.63. The molecule has 1 atom stereocenters. The topological polar surface area (TPSA) is 33.7 Å². The van der Waals surface area contributed by atoms with E-state index in [2.05, 4.69) is 29.4 Å². The molecule has 19 heavy (non-hydrogen) atoms. The van der Waals surface area contributed by atoms with Crippen LogP contribution in [-0.2, 0) is 11.2 Å². The van der Waals surface area contributed by atoms with Gasteiger partial charge in [0, 0.05) is 25.7 Å². The Balaban J connectivity index is 1.74. The van der Waals surface area contributed by atoms with Crippen LogP contribution in [0.25, 0.3) is 0 Å². The minimum atomic E-state index is 0.462. The van der Waals surface area contributed by atoms with Gasteiger partial charge in [-0.25, -0.2) is 0 Å². The molecule has 1 saturated heterocycles. The Morgan fingerprint density at radius 3 is 3.11 bits per heavy atom. The van der Waals surface area contributed by atoms with Crippen LogP contribution in [0.1, 0.15) is 5.56 Å². The number of nitrogens with one attached hydrogen (secondary N) is 1.